The molecule has 2 amide bonds. The molecule has 0 aromatic heterocycles. The molecular formula is C19H22N2O3. The molecule has 2 aromatic carbocycles. The van der Waals surface area contributed by atoms with Crippen LogP contribution < -0.4 is 15.4 Å². The maximum Gasteiger partial charge on any atom is 0.251 e. The van der Waals surface area contributed by atoms with E-state index in [1.807, 2.05) is 50.2 Å². The minimum atomic E-state index is -0.252. The quantitative estimate of drug-likeness (QED) is 0.856. The van der Waals surface area contributed by atoms with Crippen molar-refractivity contribution in [3.63, 3.8) is 0 Å². The molecule has 0 heterocycles. The molecule has 24 heavy (non-hydrogen) atoms. The molecule has 5 nitrogen and oxygen atoms in total. The highest BCUT2D eigenvalue weighted by Crippen LogP contribution is 2.11. The lowest BCUT2D eigenvalue weighted by molar-refractivity contribution is -0.120. The summed E-state index contributed by atoms with van der Waals surface area (Å²) in [7, 11) is 1.61. The highest BCUT2D eigenvalue weighted by atomic mass is 16.5. The molecule has 0 bridgehead atoms. The van der Waals surface area contributed by atoms with Crippen molar-refractivity contribution in [1.82, 2.24) is 10.6 Å². The number of hydrogen-bond donors (Lipinski definition) is 2. The molecule has 0 aliphatic carbocycles. The second kappa shape index (κ2) is 8.15. The number of hydrogen-bond acceptors (Lipinski definition) is 3. The predicted octanol–water partition coefficient (Wildman–Crippen LogP) is 2.36. The van der Waals surface area contributed by atoms with Gasteiger partial charge in [-0.05, 0) is 54.8 Å². The molecule has 126 valence electrons. The molecule has 0 unspecified atom stereocenters. The number of aryl methyl sites for hydroxylation is 2. The second-order valence-electron chi connectivity index (χ2n) is 5.61. The normalized spacial score (nSPS) is 10.1. The third kappa shape index (κ3) is 4.84. The van der Waals surface area contributed by atoms with Crippen LogP contribution in [0.15, 0.2) is 42.5 Å². The minimum Gasteiger partial charge on any atom is -0.497 e. The van der Waals surface area contributed by atoms with Crippen LogP contribution in [0.4, 0.5) is 0 Å². The van der Waals surface area contributed by atoms with Crippen LogP contribution in [0.3, 0.4) is 0 Å². The maximum atomic E-state index is 12.1. The number of carbonyl (C=O) groups excluding carboxylic acids is 2. The Bertz CT molecular complexity index is 724. The number of benzene rings is 2. The van der Waals surface area contributed by atoms with Crippen molar-refractivity contribution in [3.05, 3.63) is 64.7 Å². The average molecular weight is 326 g/mol. The first-order chi connectivity index (χ1) is 11.5. The Kier molecular flexibility index (Phi) is 5.95. The summed E-state index contributed by atoms with van der Waals surface area (Å²) in [6, 6.07) is 12.9. The van der Waals surface area contributed by atoms with E-state index in [4.69, 9.17) is 4.74 Å². The van der Waals surface area contributed by atoms with Crippen LogP contribution in [0, 0.1) is 13.8 Å². The Morgan fingerprint density at radius 3 is 2.29 bits per heavy atom. The number of rotatable bonds is 6. The fraction of sp³-hybridized carbons (Fsp3) is 0.263. The third-order valence-electron chi connectivity index (χ3n) is 3.83. The predicted molar refractivity (Wildman–Crippen MR) is 93.1 cm³/mol. The molecule has 0 atom stereocenters. The van der Waals surface area contributed by atoms with Gasteiger partial charge in [-0.2, -0.15) is 0 Å². The lowest BCUT2D eigenvalue weighted by Crippen LogP contribution is -2.36. The Morgan fingerprint density at radius 1 is 0.958 bits per heavy atom. The molecule has 2 aromatic rings. The van der Waals surface area contributed by atoms with E-state index in [0.717, 1.165) is 22.4 Å². The number of nitrogens with one attached hydrogen (secondary N) is 2. The summed E-state index contributed by atoms with van der Waals surface area (Å²) in [5.74, 6) is 0.284. The lowest BCUT2D eigenvalue weighted by Gasteiger charge is -2.09. The van der Waals surface area contributed by atoms with Gasteiger partial charge in [-0.25, -0.2) is 0 Å². The molecule has 2 N–H and O–H groups in total. The number of amides is 2. The van der Waals surface area contributed by atoms with Gasteiger partial charge in [0.05, 0.1) is 13.7 Å². The molecule has 5 heteroatoms. The van der Waals surface area contributed by atoms with E-state index < -0.39 is 0 Å². The van der Waals surface area contributed by atoms with E-state index in [-0.39, 0.29) is 18.4 Å². The van der Waals surface area contributed by atoms with Gasteiger partial charge in [-0.15, -0.1) is 0 Å². The van der Waals surface area contributed by atoms with Gasteiger partial charge in [0, 0.05) is 12.1 Å². The van der Waals surface area contributed by atoms with Gasteiger partial charge in [0.15, 0.2) is 0 Å². The van der Waals surface area contributed by atoms with Crippen molar-refractivity contribution in [2.75, 3.05) is 13.7 Å². The smallest absolute Gasteiger partial charge is 0.251 e. The zero-order valence-corrected chi connectivity index (χ0v) is 14.2. The molecule has 0 saturated carbocycles. The number of methoxy groups -OCH3 is 1. The lowest BCUT2D eigenvalue weighted by atomic mass is 10.1. The number of carbonyl (C=O) groups is 2. The van der Waals surface area contributed by atoms with E-state index in [1.54, 1.807) is 13.2 Å². The fourth-order valence-electron chi connectivity index (χ4n) is 2.15. The first-order valence-corrected chi connectivity index (χ1v) is 7.74. The standard InChI is InChI=1S/C19H22N2O3/c1-13-4-7-16(10-14(13)2)19(23)21-12-18(22)20-11-15-5-8-17(24-3)9-6-15/h4-10H,11-12H2,1-3H3,(H,20,22)(H,21,23). The molecule has 2 rings (SSSR count). The van der Waals surface area contributed by atoms with Crippen molar-refractivity contribution >= 4 is 11.8 Å². The highest BCUT2D eigenvalue weighted by Gasteiger charge is 2.08. The summed E-state index contributed by atoms with van der Waals surface area (Å²) in [5, 5.41) is 5.40. The van der Waals surface area contributed by atoms with Gasteiger partial charge in [0.25, 0.3) is 5.91 Å². The van der Waals surface area contributed by atoms with Crippen LogP contribution in [-0.4, -0.2) is 25.5 Å². The van der Waals surface area contributed by atoms with Gasteiger partial charge in [0.1, 0.15) is 5.75 Å². The van der Waals surface area contributed by atoms with Crippen LogP contribution in [0.25, 0.3) is 0 Å². The monoisotopic (exact) mass is 326 g/mol. The summed E-state index contributed by atoms with van der Waals surface area (Å²) in [6.45, 7) is 4.29. The van der Waals surface area contributed by atoms with Crippen LogP contribution >= 0.6 is 0 Å². The van der Waals surface area contributed by atoms with E-state index >= 15 is 0 Å². The summed E-state index contributed by atoms with van der Waals surface area (Å²) < 4.78 is 5.08. The first-order valence-electron chi connectivity index (χ1n) is 7.74. The molecule has 0 fully saturated rings. The molecular weight excluding hydrogens is 304 g/mol. The third-order valence-corrected chi connectivity index (χ3v) is 3.83. The Balaban J connectivity index is 1.79. The van der Waals surface area contributed by atoms with Gasteiger partial charge in [-0.1, -0.05) is 18.2 Å². The largest absolute Gasteiger partial charge is 0.497 e. The number of ether oxygens (including phenoxy) is 1. The zero-order valence-electron chi connectivity index (χ0n) is 14.2. The molecule has 0 spiro atoms. The maximum absolute atomic E-state index is 12.1. The van der Waals surface area contributed by atoms with E-state index in [1.165, 1.54) is 0 Å². The Labute approximate surface area is 142 Å². The van der Waals surface area contributed by atoms with Gasteiger partial charge < -0.3 is 15.4 Å². The van der Waals surface area contributed by atoms with Gasteiger partial charge >= 0.3 is 0 Å². The Morgan fingerprint density at radius 2 is 1.67 bits per heavy atom. The van der Waals surface area contributed by atoms with Crippen LogP contribution in [0.2, 0.25) is 0 Å². The molecule has 0 saturated heterocycles. The molecule has 0 aliphatic rings. The van der Waals surface area contributed by atoms with Crippen molar-refractivity contribution < 1.29 is 14.3 Å². The molecule has 0 radical (unpaired) electrons. The first kappa shape index (κ1) is 17.5. The van der Waals surface area contributed by atoms with Crippen LogP contribution in [0.1, 0.15) is 27.0 Å². The summed E-state index contributed by atoms with van der Waals surface area (Å²) in [6.07, 6.45) is 0. The van der Waals surface area contributed by atoms with E-state index in [0.29, 0.717) is 12.1 Å². The van der Waals surface area contributed by atoms with Crippen molar-refractivity contribution in [2.24, 2.45) is 0 Å². The minimum absolute atomic E-state index is 0.0537. The topological polar surface area (TPSA) is 67.4 Å². The SMILES string of the molecule is COc1ccc(CNC(=O)CNC(=O)c2ccc(C)c(C)c2)cc1. The average Bonchev–Trinajstić information content (AvgIpc) is 2.60. The van der Waals surface area contributed by atoms with Crippen molar-refractivity contribution in [3.8, 4) is 5.75 Å². The van der Waals surface area contributed by atoms with Crippen LogP contribution in [0.5, 0.6) is 5.75 Å². The zero-order chi connectivity index (χ0) is 17.5. The van der Waals surface area contributed by atoms with Gasteiger partial charge in [0.2, 0.25) is 5.91 Å². The second-order valence-corrected chi connectivity index (χ2v) is 5.61. The van der Waals surface area contributed by atoms with Crippen molar-refractivity contribution in [2.45, 2.75) is 20.4 Å². The summed E-state index contributed by atoms with van der Waals surface area (Å²) in [5.41, 5.74) is 3.70. The van der Waals surface area contributed by atoms with Crippen LogP contribution in [-0.2, 0) is 11.3 Å². The summed E-state index contributed by atoms with van der Waals surface area (Å²) in [4.78, 5) is 23.9. The van der Waals surface area contributed by atoms with Crippen molar-refractivity contribution in [1.29, 1.82) is 0 Å². The Hall–Kier alpha value is -2.82. The fourth-order valence-corrected chi connectivity index (χ4v) is 2.15. The highest BCUT2D eigenvalue weighted by molar-refractivity contribution is 5.96. The van der Waals surface area contributed by atoms with E-state index in [2.05, 4.69) is 10.6 Å². The van der Waals surface area contributed by atoms with Gasteiger partial charge in [-0.3, -0.25) is 9.59 Å². The summed E-state index contributed by atoms with van der Waals surface area (Å²) >= 11 is 0. The molecule has 0 aliphatic heterocycles. The van der Waals surface area contributed by atoms with E-state index in [9.17, 15) is 9.59 Å².